The standard InChI is InChI=1S/C33H40ClN8.3ClH/c1-35(2)25-9-17-39(18-10-25)30-29(34)31(40-19-11-26(12-20-40)36(3)4)33(42-23-15-28(16-24-42)38(7)8)32(30)41-21-13-27(14-22-41)37(5)6;;;/h9-24H,1-8H3;3*1H/q+4;;;/p-3. The van der Waals surface area contributed by atoms with Gasteiger partial charge in [0.05, 0.1) is 0 Å². The molecule has 5 rings (SSSR count). The number of hydrogen-bond acceptors (Lipinski definition) is 4. The third-order valence-corrected chi connectivity index (χ3v) is 7.79. The summed E-state index contributed by atoms with van der Waals surface area (Å²) in [6.07, 6.45) is 16.7. The van der Waals surface area contributed by atoms with Crippen LogP contribution in [0.25, 0.3) is 0 Å². The Morgan fingerprint density at radius 3 is 0.711 bits per heavy atom. The summed E-state index contributed by atoms with van der Waals surface area (Å²) in [5.74, 6) is 0. The van der Waals surface area contributed by atoms with Crippen molar-refractivity contribution in [1.82, 2.24) is 0 Å². The normalized spacial score (nSPS) is 14.2. The quantitative estimate of drug-likeness (QED) is 0.172. The van der Waals surface area contributed by atoms with Gasteiger partial charge in [0, 0.05) is 128 Å². The maximum absolute atomic E-state index is 7.47. The molecular weight excluding hydrogens is 650 g/mol. The summed E-state index contributed by atoms with van der Waals surface area (Å²) >= 11 is 7.47. The second-order valence-electron chi connectivity index (χ2n) is 11.1. The molecule has 1 aliphatic carbocycles. The van der Waals surface area contributed by atoms with Crippen LogP contribution in [0.4, 0.5) is 22.7 Å². The zero-order valence-electron chi connectivity index (χ0n) is 26.8. The van der Waals surface area contributed by atoms with Gasteiger partial charge in [-0.15, -0.1) is 0 Å². The molecule has 0 saturated heterocycles. The van der Waals surface area contributed by atoms with Crippen LogP contribution in [0.15, 0.2) is 98.1 Å². The van der Waals surface area contributed by atoms with Crippen molar-refractivity contribution in [2.45, 2.75) is 0 Å². The van der Waals surface area contributed by atoms with E-state index in [9.17, 15) is 0 Å². The maximum Gasteiger partial charge on any atom is 0.400 e. The summed E-state index contributed by atoms with van der Waals surface area (Å²) in [4.78, 5) is 8.38. The smallest absolute Gasteiger partial charge is 0.400 e. The number of hydrogen-bond donors (Lipinski definition) is 0. The molecule has 239 valence electrons. The van der Waals surface area contributed by atoms with Crippen LogP contribution in [0.3, 0.4) is 0 Å². The first kappa shape index (κ1) is 38.1. The van der Waals surface area contributed by atoms with Crippen LogP contribution < -0.4 is 75.1 Å². The van der Waals surface area contributed by atoms with E-state index in [4.69, 9.17) is 11.6 Å². The number of pyridine rings is 4. The van der Waals surface area contributed by atoms with Crippen LogP contribution in [0.1, 0.15) is 0 Å². The number of halogens is 4. The molecule has 1 saturated carbocycles. The van der Waals surface area contributed by atoms with Gasteiger partial charge >= 0.3 is 24.2 Å². The van der Waals surface area contributed by atoms with Gasteiger partial charge in [-0.1, -0.05) is 11.6 Å². The molecule has 0 aliphatic heterocycles. The fraction of sp³-hybridized carbons (Fsp3) is 0.242. The summed E-state index contributed by atoms with van der Waals surface area (Å²) in [6, 6.07) is 20.6. The maximum atomic E-state index is 7.47. The average Bonchev–Trinajstić information content (AvgIpc) is 3.29. The van der Waals surface area contributed by atoms with Crippen LogP contribution in [0, 0.1) is 29.5 Å². The second kappa shape index (κ2) is 16.0. The molecule has 0 spiro atoms. The van der Waals surface area contributed by atoms with Crippen molar-refractivity contribution in [2.75, 3.05) is 76.0 Å². The van der Waals surface area contributed by atoms with E-state index in [-0.39, 0.29) is 37.2 Å². The fourth-order valence-corrected chi connectivity index (χ4v) is 5.34. The van der Waals surface area contributed by atoms with Gasteiger partial charge < -0.3 is 56.8 Å². The first-order valence-corrected chi connectivity index (χ1v) is 14.2. The van der Waals surface area contributed by atoms with E-state index in [0.717, 1.165) is 46.9 Å². The SMILES string of the molecule is CN(C)c1cc[n+]([C]2[C](Cl)[C]([n+]3ccc(N(C)C)cc3)[C]([n+]3ccc(N(C)C)cc3)[C]2[n+]2ccc(N(C)C)cc2)cc1.[Cl-].[Cl-].[Cl-]. The van der Waals surface area contributed by atoms with Gasteiger partial charge in [0.15, 0.2) is 49.6 Å². The lowest BCUT2D eigenvalue weighted by Crippen LogP contribution is -3.00. The van der Waals surface area contributed by atoms with E-state index in [1.807, 2.05) is 56.4 Å². The average molecular weight is 691 g/mol. The third-order valence-electron chi connectivity index (χ3n) is 7.43. The number of nitrogens with zero attached hydrogens (tertiary/aromatic N) is 8. The van der Waals surface area contributed by atoms with Gasteiger partial charge in [0.1, 0.15) is 0 Å². The first-order chi connectivity index (χ1) is 20.1. The molecule has 0 bridgehead atoms. The highest BCUT2D eigenvalue weighted by Gasteiger charge is 2.77. The first-order valence-electron chi connectivity index (χ1n) is 13.8. The van der Waals surface area contributed by atoms with E-state index in [1.165, 1.54) is 0 Å². The highest BCUT2D eigenvalue weighted by molar-refractivity contribution is 6.31. The number of aromatic nitrogens is 4. The van der Waals surface area contributed by atoms with Crippen LogP contribution in [-0.4, -0.2) is 56.4 Å². The van der Waals surface area contributed by atoms with Gasteiger partial charge in [0.2, 0.25) is 5.38 Å². The molecule has 45 heavy (non-hydrogen) atoms. The zero-order valence-corrected chi connectivity index (χ0v) is 29.9. The van der Waals surface area contributed by atoms with Crippen molar-refractivity contribution in [2.24, 2.45) is 0 Å². The minimum atomic E-state index is 0. The molecular formula is C33H40Cl4N8+. The Hall–Kier alpha value is -3.04. The highest BCUT2D eigenvalue weighted by atomic mass is 35.5. The molecule has 4 heterocycles. The van der Waals surface area contributed by atoms with E-state index in [0.29, 0.717) is 5.38 Å². The Morgan fingerprint density at radius 1 is 0.356 bits per heavy atom. The molecule has 4 aromatic heterocycles. The van der Waals surface area contributed by atoms with Crippen molar-refractivity contribution >= 4 is 34.4 Å². The summed E-state index contributed by atoms with van der Waals surface area (Å²) in [5, 5.41) is 0.651. The molecule has 0 aromatic carbocycles. The molecule has 12 heteroatoms. The number of anilines is 4. The molecule has 4 aromatic rings. The Bertz CT molecular complexity index is 1350. The molecule has 1 aliphatic rings. The zero-order chi connectivity index (χ0) is 30.1. The highest BCUT2D eigenvalue weighted by Crippen LogP contribution is 2.49. The fourth-order valence-electron chi connectivity index (χ4n) is 4.97. The van der Waals surface area contributed by atoms with E-state index < -0.39 is 0 Å². The van der Waals surface area contributed by atoms with Crippen LogP contribution in [-0.2, 0) is 0 Å². The lowest BCUT2D eigenvalue weighted by Gasteiger charge is -2.15. The van der Waals surface area contributed by atoms with Gasteiger partial charge in [-0.25, -0.2) is 0 Å². The van der Waals surface area contributed by atoms with Crippen LogP contribution >= 0.6 is 11.6 Å². The molecule has 8 nitrogen and oxygen atoms in total. The van der Waals surface area contributed by atoms with E-state index in [2.05, 4.69) is 136 Å². The van der Waals surface area contributed by atoms with Gasteiger partial charge in [0.25, 0.3) is 0 Å². The summed E-state index contributed by atoms with van der Waals surface area (Å²) in [7, 11) is 16.4. The Balaban J connectivity index is 0.00000235. The van der Waals surface area contributed by atoms with Crippen molar-refractivity contribution in [1.29, 1.82) is 0 Å². The molecule has 0 atom stereocenters. The largest absolute Gasteiger partial charge is 1.00 e. The monoisotopic (exact) mass is 688 g/mol. The van der Waals surface area contributed by atoms with Crippen LogP contribution in [0.5, 0.6) is 0 Å². The Labute approximate surface area is 292 Å². The lowest BCUT2D eigenvalue weighted by atomic mass is 10.1. The van der Waals surface area contributed by atoms with E-state index in [1.54, 1.807) is 0 Å². The predicted molar refractivity (Wildman–Crippen MR) is 168 cm³/mol. The van der Waals surface area contributed by atoms with Crippen molar-refractivity contribution < 1.29 is 55.5 Å². The summed E-state index contributed by atoms with van der Waals surface area (Å²) in [6.45, 7) is 0. The summed E-state index contributed by atoms with van der Waals surface area (Å²) in [5.41, 5.74) is 4.46. The van der Waals surface area contributed by atoms with Crippen molar-refractivity contribution in [3.63, 3.8) is 0 Å². The molecule has 5 radical (unpaired) electrons. The Kier molecular flexibility index (Phi) is 13.6. The molecule has 1 fully saturated rings. The minimum absolute atomic E-state index is 0. The lowest BCUT2D eigenvalue weighted by molar-refractivity contribution is -0.758. The molecule has 0 unspecified atom stereocenters. The third kappa shape index (κ3) is 7.86. The molecule has 0 N–H and O–H groups in total. The summed E-state index contributed by atoms with van der Waals surface area (Å²) < 4.78 is 8.52. The van der Waals surface area contributed by atoms with Crippen molar-refractivity contribution in [3.8, 4) is 0 Å². The van der Waals surface area contributed by atoms with Crippen molar-refractivity contribution in [3.05, 3.63) is 128 Å². The van der Waals surface area contributed by atoms with Gasteiger partial charge in [-0.05, 0) is 0 Å². The topological polar surface area (TPSA) is 28.5 Å². The second-order valence-corrected chi connectivity index (χ2v) is 11.5. The minimum Gasteiger partial charge on any atom is -1.00 e. The van der Waals surface area contributed by atoms with Gasteiger partial charge in [-0.2, -0.15) is 18.3 Å². The van der Waals surface area contributed by atoms with E-state index >= 15 is 0 Å². The number of rotatable bonds is 8. The predicted octanol–water partition coefficient (Wildman–Crippen LogP) is -6.48. The van der Waals surface area contributed by atoms with Gasteiger partial charge in [-0.3, -0.25) is 0 Å². The van der Waals surface area contributed by atoms with Crippen LogP contribution in [0.2, 0.25) is 0 Å². The Morgan fingerprint density at radius 2 is 0.533 bits per heavy atom. The molecule has 0 amide bonds.